The number of benzene rings is 3. The molecule has 1 aliphatic rings. The van der Waals surface area contributed by atoms with Gasteiger partial charge in [0, 0.05) is 11.6 Å². The van der Waals surface area contributed by atoms with E-state index in [0.717, 1.165) is 29.6 Å². The van der Waals surface area contributed by atoms with E-state index in [1.165, 1.54) is 36.4 Å². The molecule has 212 valence electrons. The first kappa shape index (κ1) is 28.0. The van der Waals surface area contributed by atoms with Gasteiger partial charge in [0.05, 0.1) is 17.4 Å². The molecule has 4 aromatic rings. The number of rotatable bonds is 9. The van der Waals surface area contributed by atoms with Crippen LogP contribution in [0.25, 0.3) is 5.69 Å². The lowest BCUT2D eigenvalue weighted by atomic mass is 9.97. The fourth-order valence-electron chi connectivity index (χ4n) is 4.41. The van der Waals surface area contributed by atoms with E-state index in [9.17, 15) is 22.4 Å². The highest BCUT2D eigenvalue weighted by atomic mass is 19.4. The second-order valence-corrected chi connectivity index (χ2v) is 9.71. The van der Waals surface area contributed by atoms with E-state index in [0.29, 0.717) is 17.5 Å². The second kappa shape index (κ2) is 11.5. The number of halogens is 4. The maximum Gasteiger partial charge on any atom is 0.435 e. The van der Waals surface area contributed by atoms with Crippen LogP contribution in [-0.4, -0.2) is 28.1 Å². The van der Waals surface area contributed by atoms with Crippen LogP contribution in [0.2, 0.25) is 0 Å². The zero-order valence-corrected chi connectivity index (χ0v) is 21.6. The van der Waals surface area contributed by atoms with Gasteiger partial charge in [0.25, 0.3) is 5.91 Å². The standard InChI is InChI=1S/C29H26F4N6O2/c30-22-12-11-19(26(36-16-17-9-10-17)18-5-2-1-3-6-18)14-23(22)37-28(40)24-15-25(29(31,32)33)38-39(24)21-8-4-7-20(13-21)27(34)41-35/h1-8,11-15,17,26,34,36H,9-10,16,35H2,(H,37,40). The Labute approximate surface area is 232 Å². The predicted molar refractivity (Wildman–Crippen MR) is 144 cm³/mol. The summed E-state index contributed by atoms with van der Waals surface area (Å²) in [4.78, 5) is 17.7. The molecule has 8 nitrogen and oxygen atoms in total. The summed E-state index contributed by atoms with van der Waals surface area (Å²) in [6, 6.07) is 19.7. The number of aromatic nitrogens is 2. The maximum atomic E-state index is 14.9. The Morgan fingerprint density at radius 1 is 1.05 bits per heavy atom. The molecule has 41 heavy (non-hydrogen) atoms. The molecule has 0 radical (unpaired) electrons. The number of hydrogen-bond acceptors (Lipinski definition) is 6. The lowest BCUT2D eigenvalue weighted by Crippen LogP contribution is -2.25. The Bertz CT molecular complexity index is 1570. The highest BCUT2D eigenvalue weighted by Gasteiger charge is 2.36. The van der Waals surface area contributed by atoms with Gasteiger partial charge in [-0.15, -0.1) is 0 Å². The molecule has 3 aromatic carbocycles. The first-order valence-electron chi connectivity index (χ1n) is 12.8. The van der Waals surface area contributed by atoms with Gasteiger partial charge in [0.1, 0.15) is 11.5 Å². The van der Waals surface area contributed by atoms with Crippen LogP contribution in [0.1, 0.15) is 51.8 Å². The van der Waals surface area contributed by atoms with E-state index in [4.69, 9.17) is 11.3 Å². The predicted octanol–water partition coefficient (Wildman–Crippen LogP) is 5.59. The number of nitrogens with one attached hydrogen (secondary N) is 3. The Balaban J connectivity index is 1.49. The molecule has 1 aliphatic carbocycles. The molecular weight excluding hydrogens is 540 g/mol. The third kappa shape index (κ3) is 6.44. The number of alkyl halides is 3. The molecule has 5 rings (SSSR count). The van der Waals surface area contributed by atoms with Gasteiger partial charge >= 0.3 is 6.18 Å². The molecule has 1 aromatic heterocycles. The Hall–Kier alpha value is -4.55. The van der Waals surface area contributed by atoms with Gasteiger partial charge in [0.2, 0.25) is 5.90 Å². The molecule has 0 aliphatic heterocycles. The number of nitrogens with two attached hydrogens (primary N) is 1. The Morgan fingerprint density at radius 3 is 2.49 bits per heavy atom. The van der Waals surface area contributed by atoms with Crippen molar-refractivity contribution in [1.82, 2.24) is 15.1 Å². The van der Waals surface area contributed by atoms with Crippen molar-refractivity contribution in [1.29, 1.82) is 5.41 Å². The normalized spacial score (nSPS) is 14.0. The second-order valence-electron chi connectivity index (χ2n) is 9.71. The summed E-state index contributed by atoms with van der Waals surface area (Å²) < 4.78 is 56.5. The molecule has 0 bridgehead atoms. The van der Waals surface area contributed by atoms with Crippen molar-refractivity contribution < 1.29 is 27.2 Å². The van der Waals surface area contributed by atoms with Crippen molar-refractivity contribution >= 4 is 17.5 Å². The summed E-state index contributed by atoms with van der Waals surface area (Å²) in [7, 11) is 0. The number of carbonyl (C=O) groups excluding carboxylic acids is 1. The zero-order valence-electron chi connectivity index (χ0n) is 21.6. The lowest BCUT2D eigenvalue weighted by Gasteiger charge is -2.21. The van der Waals surface area contributed by atoms with Crippen molar-refractivity contribution in [3.63, 3.8) is 0 Å². The molecule has 0 spiro atoms. The van der Waals surface area contributed by atoms with Crippen LogP contribution in [0.5, 0.6) is 0 Å². The minimum Gasteiger partial charge on any atom is -0.391 e. The lowest BCUT2D eigenvalue weighted by molar-refractivity contribution is -0.141. The van der Waals surface area contributed by atoms with Crippen LogP contribution < -0.4 is 16.5 Å². The van der Waals surface area contributed by atoms with Crippen LogP contribution >= 0.6 is 0 Å². The van der Waals surface area contributed by atoms with Crippen LogP contribution in [0.4, 0.5) is 23.2 Å². The quantitative estimate of drug-likeness (QED) is 0.0912. The monoisotopic (exact) mass is 566 g/mol. The van der Waals surface area contributed by atoms with E-state index in [1.54, 1.807) is 6.07 Å². The number of anilines is 1. The third-order valence-electron chi connectivity index (χ3n) is 6.72. The summed E-state index contributed by atoms with van der Waals surface area (Å²) in [6.45, 7) is 0.768. The molecule has 5 N–H and O–H groups in total. The zero-order chi connectivity index (χ0) is 29.1. The molecule has 1 heterocycles. The van der Waals surface area contributed by atoms with E-state index >= 15 is 0 Å². The smallest absolute Gasteiger partial charge is 0.391 e. The molecule has 1 fully saturated rings. The summed E-state index contributed by atoms with van der Waals surface area (Å²) in [5, 5.41) is 17.2. The van der Waals surface area contributed by atoms with E-state index in [1.807, 2.05) is 30.3 Å². The largest absolute Gasteiger partial charge is 0.435 e. The third-order valence-corrected chi connectivity index (χ3v) is 6.72. The number of hydrogen-bond donors (Lipinski definition) is 4. The maximum absolute atomic E-state index is 14.9. The highest BCUT2D eigenvalue weighted by Crippen LogP contribution is 2.32. The van der Waals surface area contributed by atoms with Crippen LogP contribution in [0.15, 0.2) is 78.9 Å². The van der Waals surface area contributed by atoms with E-state index < -0.39 is 35.2 Å². The number of carbonyl (C=O) groups is 1. The average molecular weight is 567 g/mol. The van der Waals surface area contributed by atoms with Gasteiger partial charge in [-0.05, 0) is 66.8 Å². The highest BCUT2D eigenvalue weighted by molar-refractivity contribution is 6.03. The first-order valence-corrected chi connectivity index (χ1v) is 12.8. The first-order chi connectivity index (χ1) is 19.6. The summed E-state index contributed by atoms with van der Waals surface area (Å²) in [6.07, 6.45) is -2.58. The SMILES string of the molecule is N=C(ON)c1cccc(-n2nc(C(F)(F)F)cc2C(=O)Nc2cc(C(NCC3CC3)c3ccccc3)ccc2F)c1. The van der Waals surface area contributed by atoms with Crippen molar-refractivity contribution in [2.45, 2.75) is 25.1 Å². The van der Waals surface area contributed by atoms with Crippen molar-refractivity contribution in [3.8, 4) is 5.69 Å². The van der Waals surface area contributed by atoms with Gasteiger partial charge in [-0.1, -0.05) is 42.5 Å². The topological polar surface area (TPSA) is 118 Å². The Morgan fingerprint density at radius 2 is 1.80 bits per heavy atom. The summed E-state index contributed by atoms with van der Waals surface area (Å²) in [5.74, 6) is 3.40. The summed E-state index contributed by atoms with van der Waals surface area (Å²) >= 11 is 0. The molecule has 1 atom stereocenters. The number of amides is 1. The minimum absolute atomic E-state index is 0.0348. The van der Waals surface area contributed by atoms with Crippen molar-refractivity contribution in [2.75, 3.05) is 11.9 Å². The van der Waals surface area contributed by atoms with Gasteiger partial charge in [-0.2, -0.15) is 24.2 Å². The van der Waals surface area contributed by atoms with Crippen LogP contribution in [0, 0.1) is 17.1 Å². The molecule has 12 heteroatoms. The van der Waals surface area contributed by atoms with Crippen molar-refractivity contribution in [2.24, 2.45) is 11.8 Å². The van der Waals surface area contributed by atoms with Crippen molar-refractivity contribution in [3.05, 3.63) is 113 Å². The van der Waals surface area contributed by atoms with Crippen LogP contribution in [0.3, 0.4) is 0 Å². The van der Waals surface area contributed by atoms with Gasteiger partial charge < -0.3 is 15.5 Å². The Kier molecular flexibility index (Phi) is 7.86. The number of nitrogens with zero attached hydrogens (tertiary/aromatic N) is 2. The molecule has 1 amide bonds. The molecule has 1 saturated carbocycles. The molecular formula is C29H26F4N6O2. The van der Waals surface area contributed by atoms with Gasteiger partial charge in [-0.25, -0.2) is 9.07 Å². The molecule has 1 unspecified atom stereocenters. The molecule has 0 saturated heterocycles. The van der Waals surface area contributed by atoms with E-state index in [-0.39, 0.29) is 23.0 Å². The van der Waals surface area contributed by atoms with Gasteiger partial charge in [0.15, 0.2) is 5.69 Å². The van der Waals surface area contributed by atoms with Gasteiger partial charge in [-0.3, -0.25) is 10.2 Å². The fourth-order valence-corrected chi connectivity index (χ4v) is 4.41. The van der Waals surface area contributed by atoms with E-state index in [2.05, 4.69) is 20.6 Å². The fraction of sp³-hybridized carbons (Fsp3) is 0.207. The van der Waals surface area contributed by atoms with Crippen LogP contribution in [-0.2, 0) is 11.0 Å². The minimum atomic E-state index is -4.85. The summed E-state index contributed by atoms with van der Waals surface area (Å²) in [5.41, 5.74) is -0.220. The average Bonchev–Trinajstić information content (AvgIpc) is 3.68.